The van der Waals surface area contributed by atoms with Crippen molar-refractivity contribution in [3.63, 3.8) is 0 Å². The molecule has 0 atom stereocenters. The minimum atomic E-state index is -0.508. The minimum absolute atomic E-state index is 0.120. The number of hydrazone groups is 1. The molecule has 0 heterocycles. The van der Waals surface area contributed by atoms with E-state index in [2.05, 4.69) is 65.0 Å². The average Bonchev–Trinajstić information content (AvgIpc) is 2.53. The SMILES string of the molecule is CCOc1ccc(/C=N\NC(=O)c2cc(Br)cc(Br)c2O)cc1I. The summed E-state index contributed by atoms with van der Waals surface area (Å²) in [6.07, 6.45) is 1.53. The molecular formula is C16H13Br2IN2O3. The number of phenols is 1. The van der Waals surface area contributed by atoms with Gasteiger partial charge < -0.3 is 9.84 Å². The second kappa shape index (κ2) is 8.82. The predicted molar refractivity (Wildman–Crippen MR) is 109 cm³/mol. The third-order valence-corrected chi connectivity index (χ3v) is 4.81. The van der Waals surface area contributed by atoms with Crippen LogP contribution in [0.1, 0.15) is 22.8 Å². The Morgan fingerprint density at radius 1 is 1.38 bits per heavy atom. The van der Waals surface area contributed by atoms with Crippen molar-refractivity contribution in [2.75, 3.05) is 6.61 Å². The number of nitrogens with zero attached hydrogens (tertiary/aromatic N) is 1. The zero-order chi connectivity index (χ0) is 17.7. The van der Waals surface area contributed by atoms with Gasteiger partial charge in [-0.05, 0) is 81.3 Å². The zero-order valence-electron chi connectivity index (χ0n) is 12.5. The number of rotatable bonds is 5. The van der Waals surface area contributed by atoms with Gasteiger partial charge in [0.05, 0.1) is 26.4 Å². The minimum Gasteiger partial charge on any atom is -0.506 e. The standard InChI is InChI=1S/C16H13Br2IN2O3/c1-2-24-14-4-3-9(5-13(14)19)8-20-21-16(23)11-6-10(17)7-12(18)15(11)22/h3-8,22H,2H2,1H3,(H,21,23)/b20-8-. The summed E-state index contributed by atoms with van der Waals surface area (Å²) in [6, 6.07) is 8.76. The Labute approximate surface area is 169 Å². The predicted octanol–water partition coefficient (Wildman–Crippen LogP) is 4.68. The fraction of sp³-hybridized carbons (Fsp3) is 0.125. The van der Waals surface area contributed by atoms with Crippen LogP contribution in [0.25, 0.3) is 0 Å². The summed E-state index contributed by atoms with van der Waals surface area (Å²) in [5.41, 5.74) is 3.34. The number of amides is 1. The Kier molecular flexibility index (Phi) is 7.05. The van der Waals surface area contributed by atoms with E-state index in [1.165, 1.54) is 12.3 Å². The molecule has 0 saturated heterocycles. The van der Waals surface area contributed by atoms with Crippen LogP contribution >= 0.6 is 54.5 Å². The second-order valence-corrected chi connectivity index (χ2v) is 7.54. The molecule has 2 aromatic rings. The number of carbonyl (C=O) groups is 1. The van der Waals surface area contributed by atoms with E-state index in [9.17, 15) is 9.90 Å². The van der Waals surface area contributed by atoms with Crippen LogP contribution in [0.3, 0.4) is 0 Å². The van der Waals surface area contributed by atoms with E-state index in [1.54, 1.807) is 6.07 Å². The van der Waals surface area contributed by atoms with Gasteiger partial charge in [-0.3, -0.25) is 4.79 Å². The normalized spacial score (nSPS) is 10.8. The van der Waals surface area contributed by atoms with Gasteiger partial charge in [0.1, 0.15) is 11.5 Å². The Morgan fingerprint density at radius 3 is 2.79 bits per heavy atom. The van der Waals surface area contributed by atoms with Gasteiger partial charge in [0.15, 0.2) is 0 Å². The van der Waals surface area contributed by atoms with E-state index >= 15 is 0 Å². The molecule has 2 aromatic carbocycles. The number of carbonyl (C=O) groups excluding carboxylic acids is 1. The van der Waals surface area contributed by atoms with E-state index in [1.807, 2.05) is 25.1 Å². The van der Waals surface area contributed by atoms with Crippen LogP contribution < -0.4 is 10.2 Å². The van der Waals surface area contributed by atoms with Gasteiger partial charge in [-0.25, -0.2) is 5.43 Å². The summed E-state index contributed by atoms with van der Waals surface area (Å²) in [6.45, 7) is 2.53. The topological polar surface area (TPSA) is 70.9 Å². The van der Waals surface area contributed by atoms with Gasteiger partial charge >= 0.3 is 0 Å². The lowest BCUT2D eigenvalue weighted by molar-refractivity contribution is 0.0952. The Hall–Kier alpha value is -1.13. The Morgan fingerprint density at radius 2 is 2.12 bits per heavy atom. The highest BCUT2D eigenvalue weighted by molar-refractivity contribution is 14.1. The number of benzene rings is 2. The lowest BCUT2D eigenvalue weighted by atomic mass is 10.2. The van der Waals surface area contributed by atoms with Crippen LogP contribution in [0, 0.1) is 3.57 Å². The second-order valence-electron chi connectivity index (χ2n) is 4.61. The first kappa shape index (κ1) is 19.2. The van der Waals surface area contributed by atoms with Crippen molar-refractivity contribution in [2.24, 2.45) is 5.10 Å². The van der Waals surface area contributed by atoms with Gasteiger partial charge in [-0.15, -0.1) is 0 Å². The number of phenolic OH excluding ortho intramolecular Hbond substituents is 1. The summed E-state index contributed by atoms with van der Waals surface area (Å²) in [7, 11) is 0. The Balaban J connectivity index is 2.09. The maximum Gasteiger partial charge on any atom is 0.275 e. The van der Waals surface area contributed by atoms with Crippen molar-refractivity contribution in [1.82, 2.24) is 5.43 Å². The maximum atomic E-state index is 12.1. The summed E-state index contributed by atoms with van der Waals surface area (Å²) >= 11 is 8.64. The highest BCUT2D eigenvalue weighted by Crippen LogP contribution is 2.31. The molecule has 0 fully saturated rings. The quantitative estimate of drug-likeness (QED) is 0.313. The Bertz CT molecular complexity index is 797. The number of ether oxygens (including phenoxy) is 1. The number of nitrogens with one attached hydrogen (secondary N) is 1. The van der Waals surface area contributed by atoms with Crippen LogP contribution in [-0.4, -0.2) is 23.8 Å². The molecule has 24 heavy (non-hydrogen) atoms. The highest BCUT2D eigenvalue weighted by Gasteiger charge is 2.14. The van der Waals surface area contributed by atoms with Crippen LogP contribution in [-0.2, 0) is 0 Å². The highest BCUT2D eigenvalue weighted by atomic mass is 127. The van der Waals surface area contributed by atoms with E-state index in [0.717, 1.165) is 14.9 Å². The first-order chi connectivity index (χ1) is 11.4. The van der Waals surface area contributed by atoms with Gasteiger partial charge in [-0.1, -0.05) is 15.9 Å². The van der Waals surface area contributed by atoms with Crippen molar-refractivity contribution < 1.29 is 14.6 Å². The molecule has 126 valence electrons. The van der Waals surface area contributed by atoms with Gasteiger partial charge in [0, 0.05) is 4.47 Å². The van der Waals surface area contributed by atoms with E-state index < -0.39 is 5.91 Å². The van der Waals surface area contributed by atoms with Crippen LogP contribution in [0.2, 0.25) is 0 Å². The fourth-order valence-electron chi connectivity index (χ4n) is 1.83. The monoisotopic (exact) mass is 566 g/mol. The summed E-state index contributed by atoms with van der Waals surface area (Å²) in [5, 5.41) is 13.9. The number of halogens is 3. The molecule has 0 spiro atoms. The van der Waals surface area contributed by atoms with Crippen molar-refractivity contribution in [2.45, 2.75) is 6.92 Å². The first-order valence-electron chi connectivity index (χ1n) is 6.86. The molecule has 0 aliphatic carbocycles. The van der Waals surface area contributed by atoms with Crippen molar-refractivity contribution >= 4 is 66.6 Å². The molecule has 0 unspecified atom stereocenters. The third kappa shape index (κ3) is 4.93. The number of aromatic hydroxyl groups is 1. The van der Waals surface area contributed by atoms with Crippen LogP contribution in [0.15, 0.2) is 44.4 Å². The summed E-state index contributed by atoms with van der Waals surface area (Å²) in [4.78, 5) is 12.1. The molecular weight excluding hydrogens is 555 g/mol. The van der Waals surface area contributed by atoms with Crippen LogP contribution in [0.4, 0.5) is 0 Å². The molecule has 0 aliphatic rings. The first-order valence-corrected chi connectivity index (χ1v) is 9.52. The van der Waals surface area contributed by atoms with Gasteiger partial charge in [-0.2, -0.15) is 5.10 Å². The molecule has 0 bridgehead atoms. The molecule has 2 rings (SSSR count). The molecule has 0 aromatic heterocycles. The van der Waals surface area contributed by atoms with Crippen LogP contribution in [0.5, 0.6) is 11.5 Å². The van der Waals surface area contributed by atoms with Gasteiger partial charge in [0.25, 0.3) is 5.91 Å². The molecule has 5 nitrogen and oxygen atoms in total. The molecule has 0 aliphatic heterocycles. The average molecular weight is 568 g/mol. The summed E-state index contributed by atoms with van der Waals surface area (Å²) in [5.74, 6) is 0.163. The fourth-order valence-corrected chi connectivity index (χ4v) is 3.76. The lowest BCUT2D eigenvalue weighted by Gasteiger charge is -2.07. The number of hydrogen-bond acceptors (Lipinski definition) is 4. The molecule has 1 amide bonds. The zero-order valence-corrected chi connectivity index (χ0v) is 17.8. The third-order valence-electron chi connectivity index (χ3n) is 2.91. The molecule has 0 saturated carbocycles. The summed E-state index contributed by atoms with van der Waals surface area (Å²) < 4.78 is 7.52. The van der Waals surface area contributed by atoms with Crippen molar-refractivity contribution in [3.8, 4) is 11.5 Å². The van der Waals surface area contributed by atoms with Crippen molar-refractivity contribution in [3.05, 3.63) is 54.0 Å². The maximum absolute atomic E-state index is 12.1. The van der Waals surface area contributed by atoms with E-state index in [4.69, 9.17) is 4.74 Å². The van der Waals surface area contributed by atoms with Crippen molar-refractivity contribution in [1.29, 1.82) is 0 Å². The van der Waals surface area contributed by atoms with E-state index in [-0.39, 0.29) is 11.3 Å². The lowest BCUT2D eigenvalue weighted by Crippen LogP contribution is -2.18. The molecule has 8 heteroatoms. The smallest absolute Gasteiger partial charge is 0.275 e. The molecule has 0 radical (unpaired) electrons. The van der Waals surface area contributed by atoms with Gasteiger partial charge in [0.2, 0.25) is 0 Å². The molecule has 2 N–H and O–H groups in total. The van der Waals surface area contributed by atoms with E-state index in [0.29, 0.717) is 15.6 Å². The largest absolute Gasteiger partial charge is 0.506 e. The number of hydrogen-bond donors (Lipinski definition) is 2.